The minimum atomic E-state index is -0.458. The zero-order valence-corrected chi connectivity index (χ0v) is 19.9. The van der Waals surface area contributed by atoms with Crippen molar-refractivity contribution in [1.82, 2.24) is 0 Å². The molecule has 0 saturated carbocycles. The molecule has 2 aromatic carbocycles. The third kappa shape index (κ3) is 7.52. The summed E-state index contributed by atoms with van der Waals surface area (Å²) in [4.78, 5) is 23.9. The SMILES string of the molecule is COc1cc(CCc2ccccc2)c(C=O)c(OC(C)=O)c1C/C=C(\C)CCC=C(C)C. The van der Waals surface area contributed by atoms with Crippen molar-refractivity contribution >= 4 is 12.3 Å². The summed E-state index contributed by atoms with van der Waals surface area (Å²) in [5, 5.41) is 0. The number of esters is 1. The van der Waals surface area contributed by atoms with Crippen LogP contribution in [0.4, 0.5) is 0 Å². The molecule has 0 spiro atoms. The molecule has 0 heterocycles. The molecular weight excluding hydrogens is 400 g/mol. The van der Waals surface area contributed by atoms with E-state index in [4.69, 9.17) is 9.47 Å². The topological polar surface area (TPSA) is 52.6 Å². The lowest BCUT2D eigenvalue weighted by atomic mass is 9.94. The van der Waals surface area contributed by atoms with Gasteiger partial charge in [-0.1, -0.05) is 53.6 Å². The first-order valence-corrected chi connectivity index (χ1v) is 11.0. The summed E-state index contributed by atoms with van der Waals surface area (Å²) in [6.45, 7) is 7.62. The third-order valence-electron chi connectivity index (χ3n) is 5.32. The standard InChI is InChI=1S/C28H34O4/c1-20(2)10-9-11-21(3)14-17-25-27(31-5)18-24(16-15-23-12-7-6-8-13-23)26(19-29)28(25)32-22(4)30/h6-8,10,12-14,18-19H,9,11,15-17H2,1-5H3/b21-14+. The second-order valence-electron chi connectivity index (χ2n) is 8.23. The Morgan fingerprint density at radius 1 is 1.00 bits per heavy atom. The molecule has 4 nitrogen and oxygen atoms in total. The van der Waals surface area contributed by atoms with E-state index in [2.05, 4.69) is 45.1 Å². The second kappa shape index (κ2) is 12.7. The van der Waals surface area contributed by atoms with Crippen LogP contribution in [0, 0.1) is 0 Å². The Labute approximate surface area is 191 Å². The first-order chi connectivity index (χ1) is 15.3. The molecule has 0 atom stereocenters. The number of hydrogen-bond donors (Lipinski definition) is 0. The highest BCUT2D eigenvalue weighted by molar-refractivity contribution is 5.86. The van der Waals surface area contributed by atoms with E-state index in [1.165, 1.54) is 23.6 Å². The normalized spacial score (nSPS) is 11.1. The number of carbonyl (C=O) groups excluding carboxylic acids is 2. The van der Waals surface area contributed by atoms with Gasteiger partial charge in [-0.3, -0.25) is 9.59 Å². The molecular formula is C28H34O4. The molecule has 0 aliphatic rings. The largest absolute Gasteiger partial charge is 0.496 e. The van der Waals surface area contributed by atoms with Crippen molar-refractivity contribution in [3.8, 4) is 11.5 Å². The lowest BCUT2D eigenvalue weighted by Crippen LogP contribution is -2.10. The Morgan fingerprint density at radius 2 is 1.72 bits per heavy atom. The molecule has 2 aromatic rings. The molecule has 0 unspecified atom stereocenters. The van der Waals surface area contributed by atoms with E-state index in [-0.39, 0.29) is 0 Å². The second-order valence-corrected chi connectivity index (χ2v) is 8.23. The van der Waals surface area contributed by atoms with E-state index in [0.717, 1.165) is 36.7 Å². The lowest BCUT2D eigenvalue weighted by molar-refractivity contribution is -0.131. The predicted molar refractivity (Wildman–Crippen MR) is 130 cm³/mol. The summed E-state index contributed by atoms with van der Waals surface area (Å²) in [7, 11) is 1.60. The van der Waals surface area contributed by atoms with Gasteiger partial charge in [-0.15, -0.1) is 0 Å². The molecule has 0 amide bonds. The van der Waals surface area contributed by atoms with Crippen LogP contribution >= 0.6 is 0 Å². The van der Waals surface area contributed by atoms with Crippen molar-refractivity contribution in [2.45, 2.75) is 59.8 Å². The molecule has 170 valence electrons. The van der Waals surface area contributed by atoms with E-state index in [1.807, 2.05) is 24.3 Å². The number of ether oxygens (including phenoxy) is 2. The van der Waals surface area contributed by atoms with E-state index in [1.54, 1.807) is 7.11 Å². The number of benzene rings is 2. The predicted octanol–water partition coefficient (Wildman–Crippen LogP) is 6.45. The average molecular weight is 435 g/mol. The fraction of sp³-hybridized carbons (Fsp3) is 0.357. The van der Waals surface area contributed by atoms with Crippen LogP contribution in [0.3, 0.4) is 0 Å². The third-order valence-corrected chi connectivity index (χ3v) is 5.32. The van der Waals surface area contributed by atoms with Gasteiger partial charge in [0.15, 0.2) is 6.29 Å². The van der Waals surface area contributed by atoms with Crippen LogP contribution in [0.2, 0.25) is 0 Å². The Morgan fingerprint density at radius 3 is 2.31 bits per heavy atom. The summed E-state index contributed by atoms with van der Waals surface area (Å²) in [5.41, 5.74) is 5.66. The summed E-state index contributed by atoms with van der Waals surface area (Å²) >= 11 is 0. The Kier molecular flexibility index (Phi) is 9.93. The number of aldehydes is 1. The summed E-state index contributed by atoms with van der Waals surface area (Å²) in [6.07, 6.45) is 8.98. The van der Waals surface area contributed by atoms with Crippen LogP contribution in [0.25, 0.3) is 0 Å². The van der Waals surface area contributed by atoms with Crippen LogP contribution in [-0.2, 0) is 24.1 Å². The monoisotopic (exact) mass is 434 g/mol. The maximum Gasteiger partial charge on any atom is 0.308 e. The fourth-order valence-corrected chi connectivity index (χ4v) is 3.61. The number of methoxy groups -OCH3 is 1. The summed E-state index contributed by atoms with van der Waals surface area (Å²) < 4.78 is 11.2. The molecule has 32 heavy (non-hydrogen) atoms. The molecule has 0 aliphatic carbocycles. The number of hydrogen-bond acceptors (Lipinski definition) is 4. The van der Waals surface area contributed by atoms with E-state index < -0.39 is 5.97 Å². The number of allylic oxidation sites excluding steroid dienone is 4. The van der Waals surface area contributed by atoms with Gasteiger partial charge in [-0.05, 0) is 70.1 Å². The molecule has 0 fully saturated rings. The van der Waals surface area contributed by atoms with Gasteiger partial charge in [0.25, 0.3) is 0 Å². The molecule has 0 N–H and O–H groups in total. The molecule has 0 saturated heterocycles. The summed E-state index contributed by atoms with van der Waals surface area (Å²) in [6, 6.07) is 12.0. The maximum atomic E-state index is 12.1. The molecule has 0 aliphatic heterocycles. The van der Waals surface area contributed by atoms with Gasteiger partial charge in [0, 0.05) is 12.5 Å². The Hall–Kier alpha value is -3.14. The van der Waals surface area contributed by atoms with Crippen molar-refractivity contribution < 1.29 is 19.1 Å². The molecule has 2 rings (SSSR count). The zero-order valence-electron chi connectivity index (χ0n) is 19.9. The molecule has 0 radical (unpaired) electrons. The van der Waals surface area contributed by atoms with Crippen molar-refractivity contribution in [2.24, 2.45) is 0 Å². The minimum absolute atomic E-state index is 0.309. The van der Waals surface area contributed by atoms with Crippen LogP contribution in [-0.4, -0.2) is 19.4 Å². The minimum Gasteiger partial charge on any atom is -0.496 e. The molecule has 0 aromatic heterocycles. The van der Waals surface area contributed by atoms with Crippen LogP contribution in [0.5, 0.6) is 11.5 Å². The number of carbonyl (C=O) groups is 2. The molecule has 0 bridgehead atoms. The highest BCUT2D eigenvalue weighted by Crippen LogP contribution is 2.36. The average Bonchev–Trinajstić information content (AvgIpc) is 2.76. The van der Waals surface area contributed by atoms with Crippen molar-refractivity contribution in [2.75, 3.05) is 7.11 Å². The fourth-order valence-electron chi connectivity index (χ4n) is 3.61. The van der Waals surface area contributed by atoms with Crippen molar-refractivity contribution in [3.63, 3.8) is 0 Å². The van der Waals surface area contributed by atoms with Gasteiger partial charge in [0.05, 0.1) is 12.7 Å². The quantitative estimate of drug-likeness (QED) is 0.176. The van der Waals surface area contributed by atoms with Gasteiger partial charge in [0.2, 0.25) is 0 Å². The Bertz CT molecular complexity index is 980. The van der Waals surface area contributed by atoms with Gasteiger partial charge in [-0.25, -0.2) is 0 Å². The van der Waals surface area contributed by atoms with E-state index >= 15 is 0 Å². The first kappa shape index (κ1) is 25.1. The highest BCUT2D eigenvalue weighted by Gasteiger charge is 2.21. The maximum absolute atomic E-state index is 12.1. The smallest absolute Gasteiger partial charge is 0.308 e. The lowest BCUT2D eigenvalue weighted by Gasteiger charge is -2.18. The van der Waals surface area contributed by atoms with Crippen LogP contribution in [0.1, 0.15) is 67.6 Å². The van der Waals surface area contributed by atoms with E-state index in [0.29, 0.717) is 29.9 Å². The van der Waals surface area contributed by atoms with Gasteiger partial charge < -0.3 is 9.47 Å². The highest BCUT2D eigenvalue weighted by atomic mass is 16.5. The molecule has 4 heteroatoms. The number of aryl methyl sites for hydroxylation is 2. The van der Waals surface area contributed by atoms with Crippen LogP contribution in [0.15, 0.2) is 59.7 Å². The van der Waals surface area contributed by atoms with Gasteiger partial charge in [0.1, 0.15) is 11.5 Å². The zero-order chi connectivity index (χ0) is 23.5. The van der Waals surface area contributed by atoms with Crippen LogP contribution < -0.4 is 9.47 Å². The summed E-state index contributed by atoms with van der Waals surface area (Å²) in [5.74, 6) is 0.479. The van der Waals surface area contributed by atoms with Crippen molar-refractivity contribution in [3.05, 3.63) is 82.0 Å². The van der Waals surface area contributed by atoms with E-state index in [9.17, 15) is 9.59 Å². The Balaban J connectivity index is 2.40. The van der Waals surface area contributed by atoms with Gasteiger partial charge >= 0.3 is 5.97 Å². The first-order valence-electron chi connectivity index (χ1n) is 11.0. The van der Waals surface area contributed by atoms with Gasteiger partial charge in [-0.2, -0.15) is 0 Å². The van der Waals surface area contributed by atoms with Crippen molar-refractivity contribution in [1.29, 1.82) is 0 Å². The number of rotatable bonds is 11.